The Hall–Kier alpha value is -11.4. The van der Waals surface area contributed by atoms with Gasteiger partial charge in [-0.25, -0.2) is 19.9 Å². The molecule has 0 unspecified atom stereocenters. The average molecular weight is 1740 g/mol. The zero-order valence-corrected chi connectivity index (χ0v) is 81.9. The van der Waals surface area contributed by atoms with Gasteiger partial charge in [0.15, 0.2) is 0 Å². The Kier molecular flexibility index (Phi) is 20.6. The number of nitrogens with zero attached hydrogens (tertiary/aromatic N) is 10. The van der Waals surface area contributed by atoms with Gasteiger partial charge in [-0.2, -0.15) is 0 Å². The van der Waals surface area contributed by atoms with Crippen molar-refractivity contribution in [2.24, 2.45) is 0 Å². The molecule has 0 saturated heterocycles. The quantitative estimate of drug-likeness (QED) is 0.0795. The van der Waals surface area contributed by atoms with Gasteiger partial charge >= 0.3 is 39.0 Å². The molecular formula is C108H104N10O4Zn2. The number of hydrogen-bond acceptors (Lipinski definition) is 8. The van der Waals surface area contributed by atoms with E-state index in [2.05, 4.69) is 312 Å². The van der Waals surface area contributed by atoms with E-state index in [0.717, 1.165) is 121 Å². The molecule has 0 atom stereocenters. The van der Waals surface area contributed by atoms with E-state index >= 15 is 0 Å². The topological polar surface area (TPSA) is 194 Å². The van der Waals surface area contributed by atoms with Gasteiger partial charge in [0.2, 0.25) is 0 Å². The molecule has 124 heavy (non-hydrogen) atoms. The molecule has 18 rings (SSSR count). The average Bonchev–Trinajstić information content (AvgIpc) is 1.53. The Morgan fingerprint density at radius 1 is 0.250 bits per heavy atom. The van der Waals surface area contributed by atoms with E-state index in [-0.39, 0.29) is 103 Å². The SMILES string of the molecule is CC(C)(C)c1cc(-c2c3nc(c(-c4ccc([N+](=O)[O-])cc4)c4ccc([n-]4)c(-c4cc(C(C)(C)C)cc(C(C)(C)C)c4)c4cc5c6cc7[n-]c6c6c8nc(cc8c8cc2[n-]c8c6c5n4)c(-c2cc(C(C)(C)C)cc(C(C)(C)C)c2)c2ccc([n-]2)c(-c2ccc([N+](=O)[O-])cc2)c2nc(c7-c4cc(C(C)(C)C)cc(C(C)(C)C)c4)C=C2)C=C3)cc(C(C)(C)C)c1.[Zn+2].[Zn+2]. The Bertz CT molecular complexity index is 6860. The first-order valence-electron chi connectivity index (χ1n) is 42.5. The Morgan fingerprint density at radius 2 is 0.484 bits per heavy atom. The van der Waals surface area contributed by atoms with E-state index in [4.69, 9.17) is 39.9 Å². The minimum Gasteiger partial charge on any atom is -0.657 e. The Labute approximate surface area is 751 Å². The van der Waals surface area contributed by atoms with Crippen LogP contribution in [-0.2, 0) is 82.3 Å². The van der Waals surface area contributed by atoms with Crippen LogP contribution in [0.15, 0.2) is 170 Å². The first kappa shape index (κ1) is 86.1. The van der Waals surface area contributed by atoms with Gasteiger partial charge in [-0.1, -0.05) is 275 Å². The fraction of sp³-hybridized carbons (Fsp3) is 0.296. The fourth-order valence-electron chi connectivity index (χ4n) is 17.6. The second-order valence-corrected chi connectivity index (χ2v) is 42.3. The van der Waals surface area contributed by atoms with E-state index in [1.807, 2.05) is 24.3 Å². The molecule has 16 heteroatoms. The minimum absolute atomic E-state index is 0. The van der Waals surface area contributed by atoms with Gasteiger partial charge < -0.3 is 19.9 Å². The third-order valence-electron chi connectivity index (χ3n) is 25.0. The van der Waals surface area contributed by atoms with Crippen molar-refractivity contribution >= 4 is 134 Å². The maximum atomic E-state index is 12.6. The second kappa shape index (κ2) is 29.6. The molecule has 0 fully saturated rings. The van der Waals surface area contributed by atoms with Crippen molar-refractivity contribution in [1.82, 2.24) is 39.9 Å². The summed E-state index contributed by atoms with van der Waals surface area (Å²) in [5, 5.41) is 30.1. The molecule has 2 aliphatic heterocycles. The number of hydrogen-bond donors (Lipinski definition) is 0. The van der Waals surface area contributed by atoms with Crippen molar-refractivity contribution in [3.63, 3.8) is 0 Å². The molecule has 16 aromatic rings. The van der Waals surface area contributed by atoms with Crippen LogP contribution in [0, 0.1) is 20.2 Å². The largest absolute Gasteiger partial charge is 2.00 e. The molecule has 2 aliphatic rings. The summed E-state index contributed by atoms with van der Waals surface area (Å²) >= 11 is 0. The molecular weight excluding hydrogens is 1630 g/mol. The standard InChI is InChI=1S/C108H104N10O4.2Zn/c1-101(2,3)63-41-59(42-64(49-63)102(4,5)6)91-81-37-33-77(109-81)89(57-25-29-71(30-26-57)117(119)120)78-34-38-82(110-78)93(61-45-67(105(13,14)15)51-68(46-61)106(16,17)18)87-55-75-76-56-88-94(62-47-69(107(19,20)21)52-70(48-62)108(22,23)24)84-40-36-80(112-84)90(58-27-31-72(32-28-58)118(121)122)79-35-39-83(111-79)92(60-43-65(103(7,8)9)50-66(44-60)104(10,11)12)86-54-74-73-53-85(91)113-97(73)95(99(75)115-87)96(98(74)114-86)100(76)116-88;;/h25-56H,1-24H3;;/q-4;2*+2. The van der Waals surface area contributed by atoms with Crippen molar-refractivity contribution in [1.29, 1.82) is 0 Å². The van der Waals surface area contributed by atoms with Crippen molar-refractivity contribution in [3.05, 3.63) is 257 Å². The number of aromatic nitrogens is 8. The van der Waals surface area contributed by atoms with Crippen LogP contribution in [0.4, 0.5) is 11.4 Å². The number of rotatable bonds is 8. The van der Waals surface area contributed by atoms with Crippen molar-refractivity contribution in [3.8, 4) is 66.8 Å². The molecule has 14 nitrogen and oxygen atoms in total. The van der Waals surface area contributed by atoms with Crippen LogP contribution in [0.3, 0.4) is 0 Å². The molecule has 0 saturated carbocycles. The van der Waals surface area contributed by atoms with Gasteiger partial charge in [-0.3, -0.25) is 20.2 Å². The maximum absolute atomic E-state index is 12.6. The zero-order valence-electron chi connectivity index (χ0n) is 76.0. The van der Waals surface area contributed by atoms with Crippen LogP contribution >= 0.6 is 0 Å². The van der Waals surface area contributed by atoms with Gasteiger partial charge in [0.25, 0.3) is 11.4 Å². The summed E-state index contributed by atoms with van der Waals surface area (Å²) in [6.45, 7) is 54.3. The maximum Gasteiger partial charge on any atom is 2.00 e. The predicted octanol–water partition coefficient (Wildman–Crippen LogP) is 28.3. The Balaban J connectivity index is 0.00000568. The molecule has 0 radical (unpaired) electrons. The van der Waals surface area contributed by atoms with Crippen LogP contribution in [0.25, 0.3) is 190 Å². The molecule has 16 bridgehead atoms. The fourth-order valence-corrected chi connectivity index (χ4v) is 17.6. The number of nitro benzene ring substituents is 2. The first-order valence-corrected chi connectivity index (χ1v) is 42.5. The molecule has 10 heterocycles. The summed E-state index contributed by atoms with van der Waals surface area (Å²) in [5.41, 5.74) is 27.3. The van der Waals surface area contributed by atoms with Gasteiger partial charge in [0.05, 0.1) is 54.7 Å². The van der Waals surface area contributed by atoms with Gasteiger partial charge in [0.1, 0.15) is 0 Å². The number of non-ortho nitro benzene ring substituents is 2. The zero-order chi connectivity index (χ0) is 86.8. The van der Waals surface area contributed by atoms with Crippen molar-refractivity contribution in [2.75, 3.05) is 0 Å². The van der Waals surface area contributed by atoms with Gasteiger partial charge in [0, 0.05) is 35.0 Å². The third-order valence-corrected chi connectivity index (χ3v) is 25.0. The predicted molar refractivity (Wildman–Crippen MR) is 508 cm³/mol. The van der Waals surface area contributed by atoms with Crippen LogP contribution in [0.2, 0.25) is 0 Å². The summed E-state index contributed by atoms with van der Waals surface area (Å²) in [6, 6.07) is 58.7. The summed E-state index contributed by atoms with van der Waals surface area (Å²) in [5.74, 6) is 0. The molecule has 8 aromatic heterocycles. The molecule has 8 aromatic carbocycles. The van der Waals surface area contributed by atoms with Crippen LogP contribution in [0.5, 0.6) is 0 Å². The molecule has 0 spiro atoms. The van der Waals surface area contributed by atoms with Crippen LogP contribution in [-0.4, -0.2) is 29.8 Å². The normalized spacial score (nSPS) is 13.3. The molecule has 0 aliphatic carbocycles. The second-order valence-electron chi connectivity index (χ2n) is 42.3. The Morgan fingerprint density at radius 3 is 0.726 bits per heavy atom. The molecule has 0 amide bonds. The van der Waals surface area contributed by atoms with E-state index < -0.39 is 0 Å². The molecule has 614 valence electrons. The van der Waals surface area contributed by atoms with E-state index in [0.29, 0.717) is 111 Å². The van der Waals surface area contributed by atoms with Crippen molar-refractivity contribution in [2.45, 2.75) is 209 Å². The summed E-state index contributed by atoms with van der Waals surface area (Å²) in [6.07, 6.45) is 8.31. The first-order chi connectivity index (χ1) is 57.1. The molecule has 0 N–H and O–H groups in total. The summed E-state index contributed by atoms with van der Waals surface area (Å²) in [7, 11) is 0. The third kappa shape index (κ3) is 15.1. The van der Waals surface area contributed by atoms with E-state index in [1.165, 1.54) is 0 Å². The van der Waals surface area contributed by atoms with E-state index in [9.17, 15) is 20.2 Å². The summed E-state index contributed by atoms with van der Waals surface area (Å²) in [4.78, 5) is 72.6. The number of nitro groups is 2. The van der Waals surface area contributed by atoms with E-state index in [1.54, 1.807) is 24.3 Å². The number of fused-ring (bicyclic) bond motifs is 14. The monoisotopic (exact) mass is 1730 g/mol. The van der Waals surface area contributed by atoms with Crippen LogP contribution in [0.1, 0.15) is 233 Å². The minimum atomic E-state index is -0.363. The summed E-state index contributed by atoms with van der Waals surface area (Å²) < 4.78 is 0. The van der Waals surface area contributed by atoms with Gasteiger partial charge in [-0.15, -0.1) is 44.1 Å². The van der Waals surface area contributed by atoms with Crippen molar-refractivity contribution < 1.29 is 48.8 Å². The smallest absolute Gasteiger partial charge is 0.657 e. The number of benzene rings is 8. The van der Waals surface area contributed by atoms with Gasteiger partial charge in [-0.05, 0) is 237 Å². The van der Waals surface area contributed by atoms with Crippen LogP contribution < -0.4 is 19.9 Å².